The highest BCUT2D eigenvalue weighted by Crippen LogP contribution is 2.24. The minimum atomic E-state index is -0.856. The monoisotopic (exact) mass is 252 g/mol. The van der Waals surface area contributed by atoms with E-state index in [1.54, 1.807) is 13.1 Å². The van der Waals surface area contributed by atoms with Gasteiger partial charge in [-0.2, -0.15) is 0 Å². The Balaban J connectivity index is 2.48. The molecule has 1 unspecified atom stereocenters. The van der Waals surface area contributed by atoms with Gasteiger partial charge >= 0.3 is 0 Å². The molecule has 0 radical (unpaired) electrons. The highest BCUT2D eigenvalue weighted by atomic mass is 19.2. The van der Waals surface area contributed by atoms with Crippen LogP contribution in [0.4, 0.5) is 8.78 Å². The van der Waals surface area contributed by atoms with Crippen molar-refractivity contribution in [2.24, 2.45) is 7.05 Å². The van der Waals surface area contributed by atoms with E-state index in [1.165, 1.54) is 16.9 Å². The Morgan fingerprint density at radius 3 is 2.78 bits per heavy atom. The molecule has 18 heavy (non-hydrogen) atoms. The van der Waals surface area contributed by atoms with Crippen LogP contribution < -0.4 is 5.32 Å². The minimum absolute atomic E-state index is 0.252. The second-order valence-electron chi connectivity index (χ2n) is 3.92. The van der Waals surface area contributed by atoms with Gasteiger partial charge in [0.05, 0.1) is 17.9 Å². The summed E-state index contributed by atoms with van der Waals surface area (Å²) in [5, 5.41) is 10.7. The maximum absolute atomic E-state index is 13.8. The van der Waals surface area contributed by atoms with E-state index in [0.717, 1.165) is 6.07 Å². The average Bonchev–Trinajstić information content (AvgIpc) is 2.76. The van der Waals surface area contributed by atoms with Crippen molar-refractivity contribution in [3.63, 3.8) is 0 Å². The van der Waals surface area contributed by atoms with Crippen LogP contribution in [0.3, 0.4) is 0 Å². The summed E-state index contributed by atoms with van der Waals surface area (Å²) in [6.45, 7) is 2.51. The predicted molar refractivity (Wildman–Crippen MR) is 62.9 cm³/mol. The average molecular weight is 252 g/mol. The number of benzene rings is 1. The van der Waals surface area contributed by atoms with E-state index >= 15 is 0 Å². The van der Waals surface area contributed by atoms with Crippen LogP contribution in [0.2, 0.25) is 0 Å². The van der Waals surface area contributed by atoms with Crippen LogP contribution in [-0.4, -0.2) is 21.5 Å². The van der Waals surface area contributed by atoms with E-state index in [0.29, 0.717) is 12.2 Å². The smallest absolute Gasteiger partial charge is 0.163 e. The third-order valence-corrected chi connectivity index (χ3v) is 2.75. The lowest BCUT2D eigenvalue weighted by atomic mass is 10.0. The topological polar surface area (TPSA) is 42.7 Å². The normalized spacial score (nSPS) is 12.7. The molecule has 0 bridgehead atoms. The molecule has 1 heterocycles. The fraction of sp³-hybridized carbons (Fsp3) is 0.333. The first-order valence-corrected chi connectivity index (χ1v) is 5.67. The molecule has 1 N–H and O–H groups in total. The molecule has 1 aromatic carbocycles. The zero-order chi connectivity index (χ0) is 13.1. The first-order valence-electron chi connectivity index (χ1n) is 5.67. The second kappa shape index (κ2) is 5.22. The van der Waals surface area contributed by atoms with E-state index in [-0.39, 0.29) is 5.56 Å². The number of nitrogens with one attached hydrogen (secondary N) is 1. The first kappa shape index (κ1) is 12.6. The molecule has 0 fully saturated rings. The van der Waals surface area contributed by atoms with E-state index in [4.69, 9.17) is 0 Å². The molecule has 0 amide bonds. The zero-order valence-corrected chi connectivity index (χ0v) is 10.2. The Hall–Kier alpha value is -1.82. The van der Waals surface area contributed by atoms with E-state index in [1.807, 2.05) is 6.92 Å². The highest BCUT2D eigenvalue weighted by molar-refractivity contribution is 5.28. The zero-order valence-electron chi connectivity index (χ0n) is 10.2. The molecule has 1 atom stereocenters. The van der Waals surface area contributed by atoms with Crippen LogP contribution in [0.25, 0.3) is 0 Å². The molecular formula is C12H14F2N4. The van der Waals surface area contributed by atoms with Crippen LogP contribution in [0.1, 0.15) is 24.2 Å². The Labute approximate surface area is 104 Å². The van der Waals surface area contributed by atoms with Gasteiger partial charge in [0, 0.05) is 12.6 Å². The summed E-state index contributed by atoms with van der Waals surface area (Å²) < 4.78 is 28.7. The molecular weight excluding hydrogens is 238 g/mol. The molecule has 0 spiro atoms. The quantitative estimate of drug-likeness (QED) is 0.902. The molecule has 4 nitrogen and oxygen atoms in total. The Kier molecular flexibility index (Phi) is 3.66. The summed E-state index contributed by atoms with van der Waals surface area (Å²) in [5.74, 6) is -1.70. The van der Waals surface area contributed by atoms with Gasteiger partial charge in [0.1, 0.15) is 0 Å². The standard InChI is InChI=1S/C12H14F2N4/c1-3-15-12(10-7-16-17-18(10)2)8-5-4-6-9(13)11(8)14/h4-7,12,15H,3H2,1-2H3. The van der Waals surface area contributed by atoms with Crippen molar-refractivity contribution in [2.75, 3.05) is 6.54 Å². The third-order valence-electron chi connectivity index (χ3n) is 2.75. The van der Waals surface area contributed by atoms with Crippen LogP contribution in [0.15, 0.2) is 24.4 Å². The number of aromatic nitrogens is 3. The summed E-state index contributed by atoms with van der Waals surface area (Å²) in [6, 6.07) is 3.68. The fourth-order valence-corrected chi connectivity index (χ4v) is 1.88. The summed E-state index contributed by atoms with van der Waals surface area (Å²) >= 11 is 0. The molecule has 0 aliphatic heterocycles. The fourth-order valence-electron chi connectivity index (χ4n) is 1.88. The lowest BCUT2D eigenvalue weighted by Gasteiger charge is -2.18. The summed E-state index contributed by atoms with van der Waals surface area (Å²) in [5.41, 5.74) is 0.934. The summed E-state index contributed by atoms with van der Waals surface area (Å²) in [6.07, 6.45) is 1.54. The van der Waals surface area contributed by atoms with Gasteiger partial charge in [-0.25, -0.2) is 8.78 Å². The Bertz CT molecular complexity index is 539. The molecule has 0 aliphatic rings. The summed E-state index contributed by atoms with van der Waals surface area (Å²) in [4.78, 5) is 0. The van der Waals surface area contributed by atoms with Crippen molar-refractivity contribution in [3.8, 4) is 0 Å². The van der Waals surface area contributed by atoms with Crippen LogP contribution in [0.5, 0.6) is 0 Å². The number of rotatable bonds is 4. The molecule has 2 rings (SSSR count). The molecule has 96 valence electrons. The van der Waals surface area contributed by atoms with E-state index < -0.39 is 17.7 Å². The molecule has 0 aliphatic carbocycles. The molecule has 0 saturated carbocycles. The van der Waals surface area contributed by atoms with Crippen molar-refractivity contribution in [1.29, 1.82) is 0 Å². The highest BCUT2D eigenvalue weighted by Gasteiger charge is 2.22. The van der Waals surface area contributed by atoms with Gasteiger partial charge in [-0.1, -0.05) is 24.3 Å². The molecule has 2 aromatic rings. The number of aryl methyl sites for hydroxylation is 1. The van der Waals surface area contributed by atoms with E-state index in [2.05, 4.69) is 15.6 Å². The van der Waals surface area contributed by atoms with Gasteiger partial charge < -0.3 is 5.32 Å². The maximum Gasteiger partial charge on any atom is 0.163 e. The largest absolute Gasteiger partial charge is 0.305 e. The maximum atomic E-state index is 13.8. The van der Waals surface area contributed by atoms with Crippen molar-refractivity contribution in [3.05, 3.63) is 47.3 Å². The van der Waals surface area contributed by atoms with E-state index in [9.17, 15) is 8.78 Å². The Morgan fingerprint density at radius 2 is 2.17 bits per heavy atom. The van der Waals surface area contributed by atoms with Gasteiger partial charge in [-0.3, -0.25) is 4.68 Å². The second-order valence-corrected chi connectivity index (χ2v) is 3.92. The van der Waals surface area contributed by atoms with Crippen molar-refractivity contribution in [2.45, 2.75) is 13.0 Å². The van der Waals surface area contributed by atoms with Gasteiger partial charge in [-0.15, -0.1) is 5.10 Å². The number of hydrogen-bond donors (Lipinski definition) is 1. The number of nitrogens with zero attached hydrogens (tertiary/aromatic N) is 3. The SMILES string of the molecule is CCNC(c1cccc(F)c1F)c1cnnn1C. The van der Waals surface area contributed by atoms with Gasteiger partial charge in [0.25, 0.3) is 0 Å². The lowest BCUT2D eigenvalue weighted by Crippen LogP contribution is -2.25. The summed E-state index contributed by atoms with van der Waals surface area (Å²) in [7, 11) is 1.71. The van der Waals surface area contributed by atoms with Crippen molar-refractivity contribution >= 4 is 0 Å². The van der Waals surface area contributed by atoms with Gasteiger partial charge in [0.15, 0.2) is 11.6 Å². The van der Waals surface area contributed by atoms with Gasteiger partial charge in [0.2, 0.25) is 0 Å². The number of hydrogen-bond acceptors (Lipinski definition) is 3. The third kappa shape index (κ3) is 2.24. The molecule has 6 heteroatoms. The molecule has 0 saturated heterocycles. The van der Waals surface area contributed by atoms with Crippen LogP contribution in [-0.2, 0) is 7.05 Å². The van der Waals surface area contributed by atoms with Crippen molar-refractivity contribution in [1.82, 2.24) is 20.3 Å². The number of halogens is 2. The lowest BCUT2D eigenvalue weighted by molar-refractivity contribution is 0.475. The molecule has 1 aromatic heterocycles. The van der Waals surface area contributed by atoms with Crippen LogP contribution in [0, 0.1) is 11.6 Å². The Morgan fingerprint density at radius 1 is 1.39 bits per heavy atom. The van der Waals surface area contributed by atoms with Crippen molar-refractivity contribution < 1.29 is 8.78 Å². The van der Waals surface area contributed by atoms with Gasteiger partial charge in [-0.05, 0) is 12.6 Å². The first-order chi connectivity index (χ1) is 8.65. The van der Waals surface area contributed by atoms with Crippen LogP contribution >= 0.6 is 0 Å². The minimum Gasteiger partial charge on any atom is -0.305 e. The predicted octanol–water partition coefficient (Wildman–Crippen LogP) is 1.79.